The Balaban J connectivity index is 1.92. The van der Waals surface area contributed by atoms with Crippen molar-refractivity contribution in [2.24, 2.45) is 0 Å². The van der Waals surface area contributed by atoms with Gasteiger partial charge < -0.3 is 15.4 Å². The Morgan fingerprint density at radius 3 is 3.11 bits per heavy atom. The fourth-order valence-corrected chi connectivity index (χ4v) is 2.00. The highest BCUT2D eigenvalue weighted by atomic mass is 19.1. The van der Waals surface area contributed by atoms with Crippen LogP contribution in [-0.2, 0) is 9.53 Å². The number of carbonyl (C=O) groups excluding carboxylic acids is 1. The third kappa shape index (κ3) is 2.86. The summed E-state index contributed by atoms with van der Waals surface area (Å²) in [6.45, 7) is 4.01. The summed E-state index contributed by atoms with van der Waals surface area (Å²) in [7, 11) is 0. The highest BCUT2D eigenvalue weighted by molar-refractivity contribution is 6.02. The van der Waals surface area contributed by atoms with E-state index in [0.717, 1.165) is 12.0 Å². The number of benzene rings is 1. The van der Waals surface area contributed by atoms with Gasteiger partial charge in [-0.3, -0.25) is 4.79 Å². The van der Waals surface area contributed by atoms with E-state index >= 15 is 0 Å². The number of nitrogens with one attached hydrogen (secondary N) is 2. The number of anilines is 1. The maximum absolute atomic E-state index is 13.0. The maximum Gasteiger partial charge on any atom is 0.246 e. The van der Waals surface area contributed by atoms with Gasteiger partial charge in [-0.15, -0.1) is 0 Å². The van der Waals surface area contributed by atoms with E-state index in [1.165, 1.54) is 12.1 Å². The van der Waals surface area contributed by atoms with Gasteiger partial charge in [-0.2, -0.15) is 0 Å². The van der Waals surface area contributed by atoms with Crippen molar-refractivity contribution in [2.45, 2.75) is 19.4 Å². The number of hydrogen-bond acceptors (Lipinski definition) is 3. The Morgan fingerprint density at radius 1 is 1.50 bits per heavy atom. The van der Waals surface area contributed by atoms with Crippen molar-refractivity contribution in [1.82, 2.24) is 5.32 Å². The van der Waals surface area contributed by atoms with E-state index < -0.39 is 0 Å². The molecule has 0 aromatic heterocycles. The van der Waals surface area contributed by atoms with Crippen LogP contribution in [0.3, 0.4) is 0 Å². The van der Waals surface area contributed by atoms with E-state index in [0.29, 0.717) is 25.4 Å². The third-order valence-corrected chi connectivity index (χ3v) is 2.86. The molecule has 98 valence electrons. The van der Waals surface area contributed by atoms with Crippen molar-refractivity contribution >= 4 is 11.6 Å². The summed E-state index contributed by atoms with van der Waals surface area (Å²) in [5.41, 5.74) is 1.36. The van der Waals surface area contributed by atoms with Crippen molar-refractivity contribution in [3.8, 4) is 0 Å². The summed E-state index contributed by atoms with van der Waals surface area (Å²) in [5.74, 6) is -0.474. The minimum atomic E-state index is -0.387. The number of fused-ring (bicyclic) bond motifs is 1. The van der Waals surface area contributed by atoms with E-state index in [9.17, 15) is 9.18 Å². The average Bonchev–Trinajstić information content (AvgIpc) is 2.64. The van der Waals surface area contributed by atoms with Crippen LogP contribution in [0.15, 0.2) is 18.2 Å². The van der Waals surface area contributed by atoms with Gasteiger partial charge in [0.05, 0.1) is 0 Å². The summed E-state index contributed by atoms with van der Waals surface area (Å²) in [6, 6.07) is 3.97. The lowest BCUT2D eigenvalue weighted by Crippen LogP contribution is -2.28. The lowest BCUT2D eigenvalue weighted by atomic mass is 10.1. The molecule has 0 aliphatic carbocycles. The highest BCUT2D eigenvalue weighted by Gasteiger charge is 2.29. The van der Waals surface area contributed by atoms with Gasteiger partial charge in [-0.25, -0.2) is 4.39 Å². The topological polar surface area (TPSA) is 50.4 Å². The number of carbonyl (C=O) groups is 1. The lowest BCUT2D eigenvalue weighted by Gasteiger charge is -2.11. The van der Waals surface area contributed by atoms with Crippen LogP contribution < -0.4 is 10.6 Å². The van der Waals surface area contributed by atoms with E-state index in [1.54, 1.807) is 6.07 Å². The molecule has 2 N–H and O–H groups in total. The molecule has 1 aliphatic rings. The zero-order valence-corrected chi connectivity index (χ0v) is 10.3. The maximum atomic E-state index is 13.0. The normalized spacial score (nSPS) is 17.7. The van der Waals surface area contributed by atoms with E-state index in [-0.39, 0.29) is 17.8 Å². The standard InChI is InChI=1S/C13H17FN2O2/c1-2-18-7-3-6-15-12-10-5-4-9(14)8-11(10)16-13(12)17/h4-5,8,12,15H,2-3,6-7H2,1H3,(H,16,17). The van der Waals surface area contributed by atoms with Crippen LogP contribution in [0.25, 0.3) is 0 Å². The summed E-state index contributed by atoms with van der Waals surface area (Å²) in [6.07, 6.45) is 0.841. The van der Waals surface area contributed by atoms with Gasteiger partial charge in [0.2, 0.25) is 5.91 Å². The Morgan fingerprint density at radius 2 is 2.33 bits per heavy atom. The van der Waals surface area contributed by atoms with Crippen LogP contribution in [0.4, 0.5) is 10.1 Å². The highest BCUT2D eigenvalue weighted by Crippen LogP contribution is 2.30. The fourth-order valence-electron chi connectivity index (χ4n) is 2.00. The predicted molar refractivity (Wildman–Crippen MR) is 66.9 cm³/mol. The molecule has 1 amide bonds. The number of rotatable bonds is 6. The molecule has 1 aromatic carbocycles. The van der Waals surface area contributed by atoms with E-state index in [4.69, 9.17) is 4.74 Å². The summed E-state index contributed by atoms with van der Waals surface area (Å²) < 4.78 is 18.2. The Labute approximate surface area is 106 Å². The molecule has 1 heterocycles. The molecule has 1 aromatic rings. The quantitative estimate of drug-likeness (QED) is 0.759. The Hall–Kier alpha value is -1.46. The average molecular weight is 252 g/mol. The van der Waals surface area contributed by atoms with Crippen LogP contribution in [0.5, 0.6) is 0 Å². The van der Waals surface area contributed by atoms with Gasteiger partial charge in [0.25, 0.3) is 0 Å². The molecule has 0 bridgehead atoms. The molecule has 4 nitrogen and oxygen atoms in total. The summed E-state index contributed by atoms with van der Waals surface area (Å²) in [5, 5.41) is 5.82. The molecule has 2 rings (SSSR count). The smallest absolute Gasteiger partial charge is 0.246 e. The molecule has 1 atom stereocenters. The van der Waals surface area contributed by atoms with E-state index in [2.05, 4.69) is 10.6 Å². The molecule has 18 heavy (non-hydrogen) atoms. The van der Waals surface area contributed by atoms with Crippen LogP contribution in [0.2, 0.25) is 0 Å². The van der Waals surface area contributed by atoms with Gasteiger partial charge in [-0.05, 0) is 32.0 Å². The molecule has 0 fully saturated rings. The first kappa shape index (κ1) is 13.0. The lowest BCUT2D eigenvalue weighted by molar-refractivity contribution is -0.117. The Kier molecular flexibility index (Phi) is 4.28. The van der Waals surface area contributed by atoms with Crippen LogP contribution in [0, 0.1) is 5.82 Å². The Bertz CT molecular complexity index is 437. The van der Waals surface area contributed by atoms with Crippen molar-refractivity contribution < 1.29 is 13.9 Å². The largest absolute Gasteiger partial charge is 0.382 e. The monoisotopic (exact) mass is 252 g/mol. The number of amides is 1. The predicted octanol–water partition coefficient (Wildman–Crippen LogP) is 1.84. The summed E-state index contributed by atoms with van der Waals surface area (Å²) in [4.78, 5) is 11.7. The molecule has 0 spiro atoms. The van der Waals surface area contributed by atoms with Gasteiger partial charge in [0, 0.05) is 24.5 Å². The zero-order valence-electron chi connectivity index (χ0n) is 10.3. The second-order valence-electron chi connectivity index (χ2n) is 4.16. The van der Waals surface area contributed by atoms with Crippen molar-refractivity contribution in [1.29, 1.82) is 0 Å². The molecular formula is C13H17FN2O2. The van der Waals surface area contributed by atoms with Gasteiger partial charge in [0.1, 0.15) is 11.9 Å². The molecule has 1 aliphatic heterocycles. The fraction of sp³-hybridized carbons (Fsp3) is 0.462. The van der Waals surface area contributed by atoms with Crippen molar-refractivity contribution in [3.63, 3.8) is 0 Å². The summed E-state index contributed by atoms with van der Waals surface area (Å²) >= 11 is 0. The molecule has 0 radical (unpaired) electrons. The molecular weight excluding hydrogens is 235 g/mol. The number of hydrogen-bond donors (Lipinski definition) is 2. The van der Waals surface area contributed by atoms with Crippen LogP contribution in [-0.4, -0.2) is 25.7 Å². The van der Waals surface area contributed by atoms with Crippen molar-refractivity contribution in [2.75, 3.05) is 25.1 Å². The van der Waals surface area contributed by atoms with Gasteiger partial charge >= 0.3 is 0 Å². The molecule has 1 unspecified atom stereocenters. The first-order valence-electron chi connectivity index (χ1n) is 6.14. The first-order valence-corrected chi connectivity index (χ1v) is 6.14. The van der Waals surface area contributed by atoms with Crippen LogP contribution >= 0.6 is 0 Å². The van der Waals surface area contributed by atoms with Gasteiger partial charge in [0.15, 0.2) is 0 Å². The zero-order chi connectivity index (χ0) is 13.0. The third-order valence-electron chi connectivity index (χ3n) is 2.86. The van der Waals surface area contributed by atoms with Crippen LogP contribution in [0.1, 0.15) is 24.9 Å². The second kappa shape index (κ2) is 5.93. The number of ether oxygens (including phenoxy) is 1. The first-order chi connectivity index (χ1) is 8.72. The second-order valence-corrected chi connectivity index (χ2v) is 4.16. The van der Waals surface area contributed by atoms with Gasteiger partial charge in [-0.1, -0.05) is 6.07 Å². The SMILES string of the molecule is CCOCCCNC1C(=O)Nc2cc(F)ccc21. The molecule has 0 saturated carbocycles. The minimum Gasteiger partial charge on any atom is -0.382 e. The van der Waals surface area contributed by atoms with Crippen molar-refractivity contribution in [3.05, 3.63) is 29.6 Å². The van der Waals surface area contributed by atoms with E-state index in [1.807, 2.05) is 6.92 Å². The number of halogens is 1. The molecule has 5 heteroatoms. The minimum absolute atomic E-state index is 0.132. The molecule has 0 saturated heterocycles.